The van der Waals surface area contributed by atoms with Gasteiger partial charge in [-0.2, -0.15) is 0 Å². The molecule has 0 radical (unpaired) electrons. The third-order valence-corrected chi connectivity index (χ3v) is 3.23. The molecule has 0 saturated carbocycles. The Balaban J connectivity index is 2.13. The van der Waals surface area contributed by atoms with E-state index in [9.17, 15) is 0 Å². The summed E-state index contributed by atoms with van der Waals surface area (Å²) in [7, 11) is 0. The maximum Gasteiger partial charge on any atom is 0.187 e. The van der Waals surface area contributed by atoms with E-state index in [0.29, 0.717) is 6.54 Å². The molecule has 1 aromatic heterocycles. The van der Waals surface area contributed by atoms with Crippen LogP contribution in [-0.2, 0) is 6.42 Å². The van der Waals surface area contributed by atoms with E-state index >= 15 is 0 Å². The molecule has 0 aliphatic carbocycles. The Morgan fingerprint density at radius 1 is 1.24 bits per heavy atom. The van der Waals surface area contributed by atoms with Crippen molar-refractivity contribution in [1.29, 1.82) is 0 Å². The summed E-state index contributed by atoms with van der Waals surface area (Å²) < 4.78 is 0. The van der Waals surface area contributed by atoms with E-state index in [1.54, 1.807) is 11.3 Å². The van der Waals surface area contributed by atoms with Gasteiger partial charge in [0.25, 0.3) is 0 Å². The molecule has 0 atom stereocenters. The van der Waals surface area contributed by atoms with E-state index in [2.05, 4.69) is 47.7 Å². The molecule has 0 aliphatic heterocycles. The number of nitrogens with two attached hydrogens (primary N) is 1. The van der Waals surface area contributed by atoms with Gasteiger partial charge in [0.1, 0.15) is 0 Å². The normalized spacial score (nSPS) is 10.5. The fraction of sp³-hybridized carbons (Fsp3) is 0.308. The van der Waals surface area contributed by atoms with E-state index < -0.39 is 0 Å². The second-order valence-corrected chi connectivity index (χ2v) is 5.04. The Morgan fingerprint density at radius 2 is 1.94 bits per heavy atom. The number of rotatable bonds is 4. The van der Waals surface area contributed by atoms with Gasteiger partial charge < -0.3 is 11.1 Å². The SMILES string of the molecule is Cc1cc(C)cc(Nc2nc(CCN)cs2)c1. The highest BCUT2D eigenvalue weighted by Gasteiger charge is 2.02. The number of aryl methyl sites for hydroxylation is 2. The van der Waals surface area contributed by atoms with E-state index in [-0.39, 0.29) is 0 Å². The van der Waals surface area contributed by atoms with Crippen molar-refractivity contribution in [2.45, 2.75) is 20.3 Å². The highest BCUT2D eigenvalue weighted by atomic mass is 32.1. The zero-order chi connectivity index (χ0) is 12.3. The van der Waals surface area contributed by atoms with Crippen LogP contribution < -0.4 is 11.1 Å². The van der Waals surface area contributed by atoms with Crippen LogP contribution in [0.5, 0.6) is 0 Å². The standard InChI is InChI=1S/C13H17N3S/c1-9-5-10(2)7-12(6-9)16-13-15-11(3-4-14)8-17-13/h5-8H,3-4,14H2,1-2H3,(H,15,16). The minimum absolute atomic E-state index is 0.646. The Bertz CT molecular complexity index is 485. The van der Waals surface area contributed by atoms with Crippen LogP contribution in [0.1, 0.15) is 16.8 Å². The summed E-state index contributed by atoms with van der Waals surface area (Å²) in [6.07, 6.45) is 0.838. The maximum atomic E-state index is 5.51. The van der Waals surface area contributed by atoms with Gasteiger partial charge in [-0.15, -0.1) is 11.3 Å². The molecule has 0 bridgehead atoms. The number of aromatic nitrogens is 1. The van der Waals surface area contributed by atoms with Gasteiger partial charge in [0.15, 0.2) is 5.13 Å². The summed E-state index contributed by atoms with van der Waals surface area (Å²) in [6.45, 7) is 4.84. The summed E-state index contributed by atoms with van der Waals surface area (Å²) in [6, 6.07) is 6.40. The Hall–Kier alpha value is -1.39. The highest BCUT2D eigenvalue weighted by Crippen LogP contribution is 2.22. The molecular formula is C13H17N3S. The summed E-state index contributed by atoms with van der Waals surface area (Å²) in [5.74, 6) is 0. The van der Waals surface area contributed by atoms with Gasteiger partial charge in [0.2, 0.25) is 0 Å². The fourth-order valence-electron chi connectivity index (χ4n) is 1.80. The molecule has 2 aromatic rings. The first-order valence-electron chi connectivity index (χ1n) is 5.67. The lowest BCUT2D eigenvalue weighted by Gasteiger charge is -2.05. The average Bonchev–Trinajstić information content (AvgIpc) is 2.64. The van der Waals surface area contributed by atoms with Crippen LogP contribution in [0.2, 0.25) is 0 Å². The number of anilines is 2. The van der Waals surface area contributed by atoms with Crippen LogP contribution in [0.15, 0.2) is 23.6 Å². The summed E-state index contributed by atoms with van der Waals surface area (Å²) in [4.78, 5) is 4.48. The minimum Gasteiger partial charge on any atom is -0.332 e. The Kier molecular flexibility index (Phi) is 3.76. The van der Waals surface area contributed by atoms with Crippen LogP contribution in [-0.4, -0.2) is 11.5 Å². The third kappa shape index (κ3) is 3.28. The Morgan fingerprint density at radius 3 is 2.59 bits per heavy atom. The van der Waals surface area contributed by atoms with Crippen molar-refractivity contribution in [2.24, 2.45) is 5.73 Å². The summed E-state index contributed by atoms with van der Waals surface area (Å²) in [5.41, 5.74) is 10.2. The van der Waals surface area contributed by atoms with Gasteiger partial charge in [-0.3, -0.25) is 0 Å². The average molecular weight is 247 g/mol. The molecule has 0 spiro atoms. The molecule has 17 heavy (non-hydrogen) atoms. The number of thiazole rings is 1. The van der Waals surface area contributed by atoms with E-state index in [1.165, 1.54) is 11.1 Å². The smallest absolute Gasteiger partial charge is 0.187 e. The van der Waals surface area contributed by atoms with E-state index in [0.717, 1.165) is 22.9 Å². The highest BCUT2D eigenvalue weighted by molar-refractivity contribution is 7.13. The van der Waals surface area contributed by atoms with Crippen molar-refractivity contribution in [3.05, 3.63) is 40.4 Å². The number of nitrogens with one attached hydrogen (secondary N) is 1. The number of benzene rings is 1. The van der Waals surface area contributed by atoms with Gasteiger partial charge in [-0.05, 0) is 43.7 Å². The molecule has 3 nitrogen and oxygen atoms in total. The molecular weight excluding hydrogens is 230 g/mol. The maximum absolute atomic E-state index is 5.51. The predicted octanol–water partition coefficient (Wildman–Crippen LogP) is 3.00. The second-order valence-electron chi connectivity index (χ2n) is 4.18. The van der Waals surface area contributed by atoms with Gasteiger partial charge in [-0.1, -0.05) is 6.07 Å². The van der Waals surface area contributed by atoms with E-state index in [4.69, 9.17) is 5.73 Å². The number of hydrogen-bond acceptors (Lipinski definition) is 4. The molecule has 1 heterocycles. The molecule has 2 rings (SSSR count). The summed E-state index contributed by atoms with van der Waals surface area (Å²) >= 11 is 1.62. The predicted molar refractivity (Wildman–Crippen MR) is 74.1 cm³/mol. The zero-order valence-electron chi connectivity index (χ0n) is 10.2. The van der Waals surface area contributed by atoms with Crippen molar-refractivity contribution >= 4 is 22.2 Å². The topological polar surface area (TPSA) is 50.9 Å². The van der Waals surface area contributed by atoms with E-state index in [1.807, 2.05) is 0 Å². The molecule has 0 saturated heterocycles. The molecule has 0 fully saturated rings. The molecule has 0 aliphatic rings. The van der Waals surface area contributed by atoms with Crippen molar-refractivity contribution in [2.75, 3.05) is 11.9 Å². The zero-order valence-corrected chi connectivity index (χ0v) is 11.0. The molecule has 4 heteroatoms. The van der Waals surface area contributed by atoms with Crippen LogP contribution in [0.3, 0.4) is 0 Å². The lowest BCUT2D eigenvalue weighted by molar-refractivity contribution is 0.936. The van der Waals surface area contributed by atoms with Crippen LogP contribution in [0.4, 0.5) is 10.8 Å². The third-order valence-electron chi connectivity index (χ3n) is 2.43. The van der Waals surface area contributed by atoms with Gasteiger partial charge in [-0.25, -0.2) is 4.98 Å². The number of nitrogens with zero attached hydrogens (tertiary/aromatic N) is 1. The molecule has 1 aromatic carbocycles. The molecule has 0 amide bonds. The number of hydrogen-bond donors (Lipinski definition) is 2. The first-order chi connectivity index (χ1) is 8.17. The van der Waals surface area contributed by atoms with Crippen LogP contribution in [0, 0.1) is 13.8 Å². The first-order valence-corrected chi connectivity index (χ1v) is 6.55. The van der Waals surface area contributed by atoms with Crippen molar-refractivity contribution in [3.8, 4) is 0 Å². The van der Waals surface area contributed by atoms with Crippen LogP contribution in [0.25, 0.3) is 0 Å². The minimum atomic E-state index is 0.646. The summed E-state index contributed by atoms with van der Waals surface area (Å²) in [5, 5.41) is 6.31. The van der Waals surface area contributed by atoms with Gasteiger partial charge >= 0.3 is 0 Å². The largest absolute Gasteiger partial charge is 0.332 e. The van der Waals surface area contributed by atoms with Crippen molar-refractivity contribution in [3.63, 3.8) is 0 Å². The molecule has 0 unspecified atom stereocenters. The lowest BCUT2D eigenvalue weighted by Crippen LogP contribution is -2.02. The Labute approximate surface area is 106 Å². The van der Waals surface area contributed by atoms with Crippen LogP contribution >= 0.6 is 11.3 Å². The van der Waals surface area contributed by atoms with Gasteiger partial charge in [0, 0.05) is 17.5 Å². The molecule has 3 N–H and O–H groups in total. The van der Waals surface area contributed by atoms with Crippen molar-refractivity contribution in [1.82, 2.24) is 4.98 Å². The second kappa shape index (κ2) is 5.29. The first kappa shape index (κ1) is 12.1. The van der Waals surface area contributed by atoms with Crippen molar-refractivity contribution < 1.29 is 0 Å². The molecule has 90 valence electrons. The lowest BCUT2D eigenvalue weighted by atomic mass is 10.1. The monoisotopic (exact) mass is 247 g/mol. The quantitative estimate of drug-likeness (QED) is 0.873. The van der Waals surface area contributed by atoms with Gasteiger partial charge in [0.05, 0.1) is 5.69 Å². The fourth-order valence-corrected chi connectivity index (χ4v) is 2.56.